The fourth-order valence-electron chi connectivity index (χ4n) is 6.96. The number of aliphatic hydroxyl groups excluding tert-OH is 3. The molecule has 6 N–H and O–H groups in total. The van der Waals surface area contributed by atoms with Gasteiger partial charge in [0, 0.05) is 33.2 Å². The Morgan fingerprint density at radius 1 is 0.400 bits per heavy atom. The first kappa shape index (κ1) is 40.1. The lowest BCUT2D eigenvalue weighted by atomic mass is 9.79. The molecule has 3 saturated heterocycles. The van der Waals surface area contributed by atoms with Gasteiger partial charge in [0.25, 0.3) is 0 Å². The highest BCUT2D eigenvalue weighted by atomic mass is 31.2. The molecule has 0 aromatic rings. The molecule has 242 valence electrons. The van der Waals surface area contributed by atoms with Crippen molar-refractivity contribution in [1.29, 1.82) is 0 Å². The van der Waals surface area contributed by atoms with E-state index >= 15 is 0 Å². The van der Waals surface area contributed by atoms with Crippen molar-refractivity contribution >= 4 is 8.60 Å². The van der Waals surface area contributed by atoms with Gasteiger partial charge in [-0.1, -0.05) is 0 Å². The lowest BCUT2D eigenvalue weighted by Crippen LogP contribution is -2.59. The average molecular weight is 596 g/mol. The zero-order chi connectivity index (χ0) is 32.3. The zero-order valence-corrected chi connectivity index (χ0v) is 29.3. The maximum atomic E-state index is 9.67. The molecule has 0 radical (unpaired) electrons. The predicted molar refractivity (Wildman–Crippen MR) is 167 cm³/mol. The normalized spacial score (nSPS) is 28.4. The summed E-state index contributed by atoms with van der Waals surface area (Å²) in [6, 6.07) is 0. The molecule has 0 spiro atoms. The van der Waals surface area contributed by atoms with Crippen LogP contribution in [0.2, 0.25) is 0 Å². The van der Waals surface area contributed by atoms with Gasteiger partial charge in [0.1, 0.15) is 0 Å². The van der Waals surface area contributed by atoms with E-state index in [0.717, 1.165) is 38.5 Å². The summed E-state index contributed by atoms with van der Waals surface area (Å²) in [6.07, 6.45) is 4.89. The van der Waals surface area contributed by atoms with Crippen LogP contribution < -0.4 is 0 Å². The van der Waals surface area contributed by atoms with Crippen LogP contribution in [0.4, 0.5) is 0 Å². The average Bonchev–Trinajstić information content (AvgIpc) is 2.67. The van der Waals surface area contributed by atoms with Gasteiger partial charge in [0.05, 0.1) is 18.3 Å². The second-order valence-corrected chi connectivity index (χ2v) is 16.5. The highest BCUT2D eigenvalue weighted by Crippen LogP contribution is 2.38. The molecule has 9 nitrogen and oxygen atoms in total. The highest BCUT2D eigenvalue weighted by molar-refractivity contribution is 7.38. The minimum atomic E-state index is -2.62. The first-order valence-electron chi connectivity index (χ1n) is 14.6. The van der Waals surface area contributed by atoms with Gasteiger partial charge in [-0.15, -0.1) is 0 Å². The van der Waals surface area contributed by atoms with Gasteiger partial charge in [-0.2, -0.15) is 0 Å². The maximum absolute atomic E-state index is 9.67. The Hall–Kier alpha value is 0.0700. The Kier molecular flexibility index (Phi) is 14.3. The molecule has 0 atom stereocenters. The number of hydrogen-bond acceptors (Lipinski definition) is 9. The molecule has 3 heterocycles. The molecule has 3 aliphatic rings. The minimum absolute atomic E-state index is 0.126. The van der Waals surface area contributed by atoms with Crippen molar-refractivity contribution in [3.05, 3.63) is 0 Å². The van der Waals surface area contributed by atoms with Crippen molar-refractivity contribution in [2.24, 2.45) is 0 Å². The summed E-state index contributed by atoms with van der Waals surface area (Å²) in [7, 11) is 3.81. The monoisotopic (exact) mass is 595 g/mol. The van der Waals surface area contributed by atoms with E-state index in [1.807, 2.05) is 0 Å². The van der Waals surface area contributed by atoms with Crippen molar-refractivity contribution in [2.45, 2.75) is 173 Å². The quantitative estimate of drug-likeness (QED) is 0.229. The number of nitrogens with zero attached hydrogens (tertiary/aromatic N) is 3. The topological polar surface area (TPSA) is 131 Å². The molecule has 3 aliphatic heterocycles. The van der Waals surface area contributed by atoms with E-state index in [1.54, 1.807) is 0 Å². The van der Waals surface area contributed by atoms with Crippen molar-refractivity contribution in [2.75, 3.05) is 21.1 Å². The summed E-state index contributed by atoms with van der Waals surface area (Å²) in [5.41, 5.74) is 0.757. The van der Waals surface area contributed by atoms with Crippen LogP contribution in [0.25, 0.3) is 0 Å². The van der Waals surface area contributed by atoms with E-state index in [4.69, 9.17) is 14.7 Å². The van der Waals surface area contributed by atoms with Gasteiger partial charge >= 0.3 is 8.60 Å². The molecular formula is C30H66N3O6P. The fraction of sp³-hybridized carbons (Fsp3) is 1.00. The molecule has 0 aromatic carbocycles. The van der Waals surface area contributed by atoms with Crippen molar-refractivity contribution in [3.63, 3.8) is 0 Å². The van der Waals surface area contributed by atoms with Crippen LogP contribution in [-0.2, 0) is 0 Å². The summed E-state index contributed by atoms with van der Waals surface area (Å²) in [6.45, 7) is 26.3. The molecule has 0 saturated carbocycles. The second-order valence-electron chi connectivity index (χ2n) is 16.0. The van der Waals surface area contributed by atoms with Gasteiger partial charge < -0.3 is 30.0 Å². The molecule has 40 heavy (non-hydrogen) atoms. The Balaban J connectivity index is 0.000000534. The molecular weight excluding hydrogens is 529 g/mol. The second kappa shape index (κ2) is 14.2. The molecule has 0 aliphatic carbocycles. The summed E-state index contributed by atoms with van der Waals surface area (Å²) in [5, 5.41) is 29.0. The van der Waals surface area contributed by atoms with Crippen LogP contribution in [0.1, 0.15) is 122 Å². The highest BCUT2D eigenvalue weighted by Gasteiger charge is 2.44. The molecule has 0 amide bonds. The van der Waals surface area contributed by atoms with Crippen LogP contribution in [0.3, 0.4) is 0 Å². The minimum Gasteiger partial charge on any atom is -0.393 e. The van der Waals surface area contributed by atoms with Crippen LogP contribution in [-0.4, -0.2) is 117 Å². The largest absolute Gasteiger partial charge is 0.393 e. The number of piperidine rings is 3. The Labute approximate surface area is 247 Å². The van der Waals surface area contributed by atoms with Gasteiger partial charge in [-0.25, -0.2) is 0 Å². The number of likely N-dealkylation sites (tertiary alicyclic amines) is 3. The van der Waals surface area contributed by atoms with Crippen molar-refractivity contribution in [3.8, 4) is 0 Å². The van der Waals surface area contributed by atoms with Crippen LogP contribution in [0.5, 0.6) is 0 Å². The smallest absolute Gasteiger partial charge is 0.324 e. The van der Waals surface area contributed by atoms with Gasteiger partial charge in [-0.3, -0.25) is 14.7 Å². The van der Waals surface area contributed by atoms with E-state index in [1.165, 1.54) is 0 Å². The Bertz CT molecular complexity index is 621. The maximum Gasteiger partial charge on any atom is 0.324 e. The summed E-state index contributed by atoms with van der Waals surface area (Å²) in [4.78, 5) is 28.8. The third-order valence-electron chi connectivity index (χ3n) is 9.86. The summed E-state index contributed by atoms with van der Waals surface area (Å²) >= 11 is 0. The summed E-state index contributed by atoms with van der Waals surface area (Å²) in [5.74, 6) is 0. The first-order valence-corrected chi connectivity index (χ1v) is 15.8. The predicted octanol–water partition coefficient (Wildman–Crippen LogP) is 4.08. The Morgan fingerprint density at radius 3 is 0.600 bits per heavy atom. The third kappa shape index (κ3) is 12.0. The fourth-order valence-corrected chi connectivity index (χ4v) is 6.96. The van der Waals surface area contributed by atoms with Crippen LogP contribution in [0.15, 0.2) is 0 Å². The number of aliphatic hydroxyl groups is 3. The van der Waals surface area contributed by atoms with E-state index in [9.17, 15) is 15.3 Å². The van der Waals surface area contributed by atoms with Crippen molar-refractivity contribution in [1.82, 2.24) is 14.7 Å². The van der Waals surface area contributed by atoms with Crippen LogP contribution in [0, 0.1) is 0 Å². The van der Waals surface area contributed by atoms with Crippen LogP contribution >= 0.6 is 8.60 Å². The van der Waals surface area contributed by atoms with E-state index in [-0.39, 0.29) is 51.5 Å². The molecule has 0 bridgehead atoms. The lowest BCUT2D eigenvalue weighted by molar-refractivity contribution is -0.0646. The first-order chi connectivity index (χ1) is 17.5. The molecule has 0 aromatic heterocycles. The number of rotatable bonds is 0. The summed E-state index contributed by atoms with van der Waals surface area (Å²) < 4.78 is 0. The Morgan fingerprint density at radius 2 is 0.500 bits per heavy atom. The van der Waals surface area contributed by atoms with Gasteiger partial charge in [0.15, 0.2) is 0 Å². The zero-order valence-electron chi connectivity index (χ0n) is 28.4. The third-order valence-corrected chi connectivity index (χ3v) is 9.86. The van der Waals surface area contributed by atoms with E-state index < -0.39 is 8.60 Å². The van der Waals surface area contributed by atoms with Crippen molar-refractivity contribution < 1.29 is 30.0 Å². The molecule has 3 fully saturated rings. The van der Waals surface area contributed by atoms with Gasteiger partial charge in [0.2, 0.25) is 0 Å². The number of hydrogen-bond donors (Lipinski definition) is 6. The van der Waals surface area contributed by atoms with E-state index in [2.05, 4.69) is 119 Å². The standard InChI is InChI=1S/3C10H21NO.H3O3P/c3*1-9(2)6-8(12)7-10(3,4)11(9)5;1-4(2)3/h3*8,12H,6-7H2,1-5H3;1-3H. The SMILES string of the molecule is CN1C(C)(C)CC(O)CC1(C)C.CN1C(C)(C)CC(O)CC1(C)C.CN1C(C)(C)CC(O)CC1(C)C.OP(O)O. The molecule has 0 unspecified atom stereocenters. The molecule has 10 heteroatoms. The van der Waals surface area contributed by atoms with Gasteiger partial charge in [-0.05, 0) is 143 Å². The van der Waals surface area contributed by atoms with E-state index in [0.29, 0.717) is 0 Å². The lowest BCUT2D eigenvalue weighted by Gasteiger charge is -2.52. The molecule has 3 rings (SSSR count).